The molecule has 0 bridgehead atoms. The molecule has 2 heterocycles. The van der Waals surface area contributed by atoms with Gasteiger partial charge in [-0.3, -0.25) is 14.7 Å². The van der Waals surface area contributed by atoms with Crippen molar-refractivity contribution in [2.75, 3.05) is 0 Å². The number of nitrogens with one attached hydrogen (secondary N) is 1. The minimum absolute atomic E-state index is 0.207. The molecule has 0 aliphatic carbocycles. The van der Waals surface area contributed by atoms with Gasteiger partial charge in [-0.15, -0.1) is 0 Å². The van der Waals surface area contributed by atoms with Gasteiger partial charge in [0.05, 0.1) is 22.2 Å². The Labute approximate surface area is 135 Å². The van der Waals surface area contributed by atoms with Gasteiger partial charge in [-0.2, -0.15) is 0 Å². The zero-order valence-corrected chi connectivity index (χ0v) is 12.7. The third kappa shape index (κ3) is 2.04. The van der Waals surface area contributed by atoms with Crippen LogP contribution in [0, 0.1) is 12.7 Å². The molecular formula is C18H12FN3O2. The Hall–Kier alpha value is -3.28. The summed E-state index contributed by atoms with van der Waals surface area (Å²) in [6.45, 7) is 1.72. The van der Waals surface area contributed by atoms with Crippen LogP contribution in [0.15, 0.2) is 58.3 Å². The molecule has 1 amide bonds. The number of H-pyrrole nitrogens is 1. The van der Waals surface area contributed by atoms with E-state index in [2.05, 4.69) is 10.1 Å². The molecule has 118 valence electrons. The van der Waals surface area contributed by atoms with Crippen molar-refractivity contribution in [3.63, 3.8) is 0 Å². The summed E-state index contributed by atoms with van der Waals surface area (Å²) in [5.41, 5.74) is 1.35. The lowest BCUT2D eigenvalue weighted by Gasteiger charge is -1.99. The molecule has 1 aliphatic rings. The monoisotopic (exact) mass is 321 g/mol. The molecule has 0 unspecified atom stereocenters. The molecule has 1 aliphatic heterocycles. The first-order chi connectivity index (χ1) is 11.6. The number of fused-ring (bicyclic) bond motifs is 1. The van der Waals surface area contributed by atoms with E-state index >= 15 is 0 Å². The molecule has 2 aromatic carbocycles. The van der Waals surface area contributed by atoms with Crippen molar-refractivity contribution in [3.8, 4) is 5.69 Å². The van der Waals surface area contributed by atoms with Crippen molar-refractivity contribution in [1.29, 1.82) is 0 Å². The summed E-state index contributed by atoms with van der Waals surface area (Å²) in [7, 11) is 0. The summed E-state index contributed by atoms with van der Waals surface area (Å²) in [5.74, 6) is -1.01. The topological polar surface area (TPSA) is 67.2 Å². The lowest BCUT2D eigenvalue weighted by molar-refractivity contribution is -0.112. The number of rotatable bonds is 2. The second kappa shape index (κ2) is 5.13. The maximum absolute atomic E-state index is 13.3. The van der Waals surface area contributed by atoms with E-state index in [1.165, 1.54) is 22.9 Å². The molecule has 4 rings (SSSR count). The van der Waals surface area contributed by atoms with Crippen LogP contribution >= 0.6 is 0 Å². The third-order valence-electron chi connectivity index (χ3n) is 4.00. The fourth-order valence-corrected chi connectivity index (χ4v) is 2.93. The Bertz CT molecular complexity index is 1160. The van der Waals surface area contributed by atoms with Gasteiger partial charge in [0.25, 0.3) is 11.5 Å². The number of aromatic nitrogens is 2. The lowest BCUT2D eigenvalue weighted by Crippen LogP contribution is -2.26. The molecule has 0 fully saturated rings. The number of benzene rings is 2. The van der Waals surface area contributed by atoms with Gasteiger partial charge in [-0.1, -0.05) is 18.2 Å². The highest BCUT2D eigenvalue weighted by Crippen LogP contribution is 2.16. The fraction of sp³-hybridized carbons (Fsp3) is 0.0556. The van der Waals surface area contributed by atoms with Crippen molar-refractivity contribution in [2.45, 2.75) is 6.92 Å². The van der Waals surface area contributed by atoms with E-state index in [1.54, 1.807) is 19.1 Å². The Morgan fingerprint density at radius 3 is 2.58 bits per heavy atom. The fourth-order valence-electron chi connectivity index (χ4n) is 2.93. The molecule has 0 saturated heterocycles. The van der Waals surface area contributed by atoms with Crippen LogP contribution in [0.4, 0.5) is 4.39 Å². The second-order valence-electron chi connectivity index (χ2n) is 5.54. The molecule has 0 saturated carbocycles. The number of carbonyl (C=O) groups is 1. The van der Waals surface area contributed by atoms with Crippen molar-refractivity contribution >= 4 is 11.5 Å². The summed E-state index contributed by atoms with van der Waals surface area (Å²) in [4.78, 5) is 29.0. The van der Waals surface area contributed by atoms with Gasteiger partial charge in [-0.05, 0) is 31.2 Å². The molecule has 1 N–H and O–H groups in total. The maximum Gasteiger partial charge on any atom is 0.279 e. The third-order valence-corrected chi connectivity index (χ3v) is 4.00. The zero-order chi connectivity index (χ0) is 16.8. The zero-order valence-electron chi connectivity index (χ0n) is 12.7. The van der Waals surface area contributed by atoms with E-state index in [-0.39, 0.29) is 22.1 Å². The average Bonchev–Trinajstić information content (AvgIpc) is 3.03. The van der Waals surface area contributed by atoms with Crippen LogP contribution in [0.5, 0.6) is 0 Å². The van der Waals surface area contributed by atoms with Gasteiger partial charge in [0, 0.05) is 17.0 Å². The summed E-state index contributed by atoms with van der Waals surface area (Å²) in [5, 5.41) is 3.71. The summed E-state index contributed by atoms with van der Waals surface area (Å²) in [6, 6.07) is 13.0. The molecule has 24 heavy (non-hydrogen) atoms. The van der Waals surface area contributed by atoms with Crippen LogP contribution in [0.25, 0.3) is 11.3 Å². The van der Waals surface area contributed by atoms with Crippen LogP contribution < -0.4 is 16.1 Å². The number of halogens is 1. The van der Waals surface area contributed by atoms with Gasteiger partial charge in [-0.25, -0.2) is 14.1 Å². The average molecular weight is 321 g/mol. The first kappa shape index (κ1) is 14.3. The van der Waals surface area contributed by atoms with E-state index in [9.17, 15) is 14.0 Å². The smallest absolute Gasteiger partial charge is 0.279 e. The SMILES string of the molecule is Cc1[nH]n(-c2ccccc2)c(=O)c1C1=c2ccc(F)cc2=NC1=O. The number of nitrogens with zero attached hydrogens (tertiary/aromatic N) is 2. The minimum Gasteiger partial charge on any atom is -0.295 e. The lowest BCUT2D eigenvalue weighted by atomic mass is 10.0. The molecule has 6 heteroatoms. The van der Waals surface area contributed by atoms with E-state index in [4.69, 9.17) is 0 Å². The Balaban J connectivity index is 2.03. The molecular weight excluding hydrogens is 309 g/mol. The highest BCUT2D eigenvalue weighted by Gasteiger charge is 2.25. The van der Waals surface area contributed by atoms with Gasteiger partial charge < -0.3 is 0 Å². The Morgan fingerprint density at radius 1 is 1.08 bits per heavy atom. The predicted octanol–water partition coefficient (Wildman–Crippen LogP) is 0.972. The molecule has 0 radical (unpaired) electrons. The number of amides is 1. The highest BCUT2D eigenvalue weighted by atomic mass is 19.1. The Morgan fingerprint density at radius 2 is 1.83 bits per heavy atom. The molecule has 0 spiro atoms. The summed E-state index contributed by atoms with van der Waals surface area (Å²) < 4.78 is 14.7. The number of aryl methyl sites for hydroxylation is 1. The van der Waals surface area contributed by atoms with Crippen LogP contribution in [0.2, 0.25) is 0 Å². The van der Waals surface area contributed by atoms with Crippen molar-refractivity contribution in [3.05, 3.63) is 86.5 Å². The number of carbonyl (C=O) groups excluding carboxylic acids is 1. The minimum atomic E-state index is -0.532. The molecule has 3 aromatic rings. The number of para-hydroxylation sites is 1. The van der Waals surface area contributed by atoms with Gasteiger partial charge in [0.15, 0.2) is 0 Å². The van der Waals surface area contributed by atoms with Gasteiger partial charge in [0.1, 0.15) is 5.82 Å². The number of aromatic amines is 1. The Kier molecular flexibility index (Phi) is 3.06. The molecule has 0 atom stereocenters. The normalized spacial score (nSPS) is 13.1. The van der Waals surface area contributed by atoms with E-state index in [1.807, 2.05) is 18.2 Å². The summed E-state index contributed by atoms with van der Waals surface area (Å²) in [6.07, 6.45) is 0. The van der Waals surface area contributed by atoms with Crippen molar-refractivity contribution in [2.24, 2.45) is 4.99 Å². The van der Waals surface area contributed by atoms with Crippen molar-refractivity contribution in [1.82, 2.24) is 9.78 Å². The molecule has 1 aromatic heterocycles. The standard InChI is InChI=1S/C18H12FN3O2/c1-10-15(18(24)22(21-10)12-5-3-2-4-6-12)16-13-8-7-11(19)9-14(13)20-17(16)23/h2-9,21H,1H3. The van der Waals surface area contributed by atoms with E-state index in [0.29, 0.717) is 16.6 Å². The van der Waals surface area contributed by atoms with Crippen LogP contribution in [-0.2, 0) is 4.79 Å². The first-order valence-electron chi connectivity index (χ1n) is 7.36. The van der Waals surface area contributed by atoms with Gasteiger partial charge in [0.2, 0.25) is 0 Å². The van der Waals surface area contributed by atoms with Crippen molar-refractivity contribution < 1.29 is 9.18 Å². The van der Waals surface area contributed by atoms with E-state index in [0.717, 1.165) is 0 Å². The number of hydrogen-bond donors (Lipinski definition) is 1. The second-order valence-corrected chi connectivity index (χ2v) is 5.54. The largest absolute Gasteiger partial charge is 0.295 e. The predicted molar refractivity (Wildman–Crippen MR) is 85.8 cm³/mol. The van der Waals surface area contributed by atoms with Crippen LogP contribution in [0.3, 0.4) is 0 Å². The van der Waals surface area contributed by atoms with Crippen LogP contribution in [0.1, 0.15) is 11.3 Å². The highest BCUT2D eigenvalue weighted by molar-refractivity contribution is 6.21. The van der Waals surface area contributed by atoms with E-state index < -0.39 is 11.7 Å². The van der Waals surface area contributed by atoms with Gasteiger partial charge >= 0.3 is 0 Å². The summed E-state index contributed by atoms with van der Waals surface area (Å²) >= 11 is 0. The quantitative estimate of drug-likeness (QED) is 0.764. The van der Waals surface area contributed by atoms with Crippen LogP contribution in [-0.4, -0.2) is 15.7 Å². The number of hydrogen-bond acceptors (Lipinski definition) is 2. The maximum atomic E-state index is 13.3. The first-order valence-corrected chi connectivity index (χ1v) is 7.36. The molecule has 5 nitrogen and oxygen atoms in total.